The second-order valence-electron chi connectivity index (χ2n) is 5.18. The Bertz CT molecular complexity index is 942. The molecule has 7 nitrogen and oxygen atoms in total. The number of hydrogen-bond donors (Lipinski definition) is 3. The first kappa shape index (κ1) is 18.0. The summed E-state index contributed by atoms with van der Waals surface area (Å²) in [6.45, 7) is 0. The summed E-state index contributed by atoms with van der Waals surface area (Å²) in [5.41, 5.74) is 12.1. The Morgan fingerprint density at radius 1 is 0.833 bits per heavy atom. The molecule has 0 aromatic heterocycles. The molecule has 5 N–H and O–H groups in total. The molecule has 0 amide bonds. The third kappa shape index (κ3) is 4.13. The molecule has 9 heteroatoms. The van der Waals surface area contributed by atoms with Crippen molar-refractivity contribution < 1.29 is 21.4 Å². The Balaban J connectivity index is 2.59. The average Bonchev–Trinajstić information content (AvgIpc) is 2.45. The van der Waals surface area contributed by atoms with Gasteiger partial charge in [-0.3, -0.25) is 4.55 Å². The molecular weight excluding hydrogens is 352 g/mol. The fourth-order valence-electron chi connectivity index (χ4n) is 2.10. The van der Waals surface area contributed by atoms with Gasteiger partial charge in [0.15, 0.2) is 9.84 Å². The lowest BCUT2D eigenvalue weighted by atomic mass is 10.1. The maximum absolute atomic E-state index is 11.8. The molecule has 0 saturated heterocycles. The number of benzene rings is 2. The van der Waals surface area contributed by atoms with Gasteiger partial charge in [0.1, 0.15) is 4.90 Å². The third-order valence-electron chi connectivity index (χ3n) is 3.20. The van der Waals surface area contributed by atoms with Crippen molar-refractivity contribution in [2.24, 2.45) is 0 Å². The first-order valence-corrected chi connectivity index (χ1v) is 9.96. The van der Waals surface area contributed by atoms with E-state index in [1.54, 1.807) is 0 Å². The topological polar surface area (TPSA) is 141 Å². The zero-order valence-electron chi connectivity index (χ0n) is 12.7. The number of nitrogens with two attached hydrogens (primary N) is 2. The highest BCUT2D eigenvalue weighted by Gasteiger charge is 2.15. The Labute approximate surface area is 140 Å². The van der Waals surface area contributed by atoms with Gasteiger partial charge in [-0.25, -0.2) is 8.42 Å². The van der Waals surface area contributed by atoms with Crippen LogP contribution in [0, 0.1) is 0 Å². The molecule has 128 valence electrons. The van der Waals surface area contributed by atoms with E-state index in [4.69, 9.17) is 11.5 Å². The Kier molecular flexibility index (Phi) is 4.70. The lowest BCUT2D eigenvalue weighted by molar-refractivity contribution is 0.483. The van der Waals surface area contributed by atoms with Crippen LogP contribution in [-0.4, -0.2) is 27.6 Å². The van der Waals surface area contributed by atoms with Crippen molar-refractivity contribution in [3.63, 3.8) is 0 Å². The number of rotatable bonds is 4. The molecule has 0 bridgehead atoms. The molecule has 0 atom stereocenters. The van der Waals surface area contributed by atoms with Crippen LogP contribution in [0.2, 0.25) is 0 Å². The van der Waals surface area contributed by atoms with Crippen molar-refractivity contribution >= 4 is 43.5 Å². The highest BCUT2D eigenvalue weighted by atomic mass is 32.2. The van der Waals surface area contributed by atoms with Gasteiger partial charge in [0.2, 0.25) is 0 Å². The third-order valence-corrected chi connectivity index (χ3v) is 5.26. The molecular formula is C15H16N2O5S2. The minimum atomic E-state index is -4.48. The predicted octanol–water partition coefficient (Wildman–Crippen LogP) is 1.67. The van der Waals surface area contributed by atoms with Crippen LogP contribution in [-0.2, 0) is 20.0 Å². The van der Waals surface area contributed by atoms with Crippen LogP contribution in [0.1, 0.15) is 11.1 Å². The molecule has 0 aliphatic carbocycles. The number of nitrogen functional groups attached to an aromatic ring is 2. The summed E-state index contributed by atoms with van der Waals surface area (Å²) in [4.78, 5) is -0.349. The zero-order chi connectivity index (χ0) is 18.1. The van der Waals surface area contributed by atoms with E-state index < -0.39 is 20.0 Å². The number of anilines is 2. The Morgan fingerprint density at radius 3 is 1.67 bits per heavy atom. The normalized spacial score (nSPS) is 12.6. The van der Waals surface area contributed by atoms with Crippen LogP contribution in [0.25, 0.3) is 12.2 Å². The van der Waals surface area contributed by atoms with Gasteiger partial charge >= 0.3 is 0 Å². The quantitative estimate of drug-likeness (QED) is 0.423. The van der Waals surface area contributed by atoms with Crippen molar-refractivity contribution in [2.45, 2.75) is 9.79 Å². The van der Waals surface area contributed by atoms with Gasteiger partial charge in [-0.2, -0.15) is 8.42 Å². The minimum absolute atomic E-state index is 0.0163. The second kappa shape index (κ2) is 6.27. The van der Waals surface area contributed by atoms with Gasteiger partial charge in [0.05, 0.1) is 4.90 Å². The molecule has 0 aliphatic rings. The molecule has 24 heavy (non-hydrogen) atoms. The van der Waals surface area contributed by atoms with E-state index in [9.17, 15) is 21.4 Å². The monoisotopic (exact) mass is 368 g/mol. The summed E-state index contributed by atoms with van der Waals surface area (Å²) < 4.78 is 55.9. The molecule has 0 heterocycles. The highest BCUT2D eigenvalue weighted by molar-refractivity contribution is 7.90. The van der Waals surface area contributed by atoms with Crippen molar-refractivity contribution in [3.8, 4) is 0 Å². The van der Waals surface area contributed by atoms with Gasteiger partial charge in [-0.1, -0.05) is 24.3 Å². The number of hydrogen-bond acceptors (Lipinski definition) is 6. The van der Waals surface area contributed by atoms with E-state index in [1.165, 1.54) is 42.5 Å². The van der Waals surface area contributed by atoms with Crippen LogP contribution in [0.4, 0.5) is 11.4 Å². The van der Waals surface area contributed by atoms with Crippen LogP contribution in [0.15, 0.2) is 46.2 Å². The predicted molar refractivity (Wildman–Crippen MR) is 93.6 cm³/mol. The molecule has 2 aromatic rings. The largest absolute Gasteiger partial charge is 0.399 e. The fraction of sp³-hybridized carbons (Fsp3) is 0.0667. The molecule has 2 rings (SSSR count). The summed E-state index contributed by atoms with van der Waals surface area (Å²) in [5.74, 6) is 0. The summed E-state index contributed by atoms with van der Waals surface area (Å²) in [6.07, 6.45) is 3.85. The lowest BCUT2D eigenvalue weighted by Crippen LogP contribution is -2.03. The van der Waals surface area contributed by atoms with Gasteiger partial charge in [0.25, 0.3) is 10.1 Å². The van der Waals surface area contributed by atoms with Crippen LogP contribution >= 0.6 is 0 Å². The lowest BCUT2D eigenvalue weighted by Gasteiger charge is -2.07. The van der Waals surface area contributed by atoms with Gasteiger partial charge in [-0.15, -0.1) is 0 Å². The summed E-state index contributed by atoms with van der Waals surface area (Å²) in [5, 5.41) is 0. The first-order valence-electron chi connectivity index (χ1n) is 6.63. The van der Waals surface area contributed by atoms with Crippen LogP contribution in [0.3, 0.4) is 0 Å². The van der Waals surface area contributed by atoms with Crippen LogP contribution in [0.5, 0.6) is 0 Å². The molecule has 2 aromatic carbocycles. The van der Waals surface area contributed by atoms with E-state index in [0.29, 0.717) is 11.3 Å². The minimum Gasteiger partial charge on any atom is -0.399 e. The van der Waals surface area contributed by atoms with E-state index in [2.05, 4.69) is 0 Å². The highest BCUT2D eigenvalue weighted by Crippen LogP contribution is 2.24. The fourth-order valence-corrected chi connectivity index (χ4v) is 3.73. The molecule has 0 saturated carbocycles. The first-order chi connectivity index (χ1) is 11.0. The van der Waals surface area contributed by atoms with E-state index >= 15 is 0 Å². The van der Waals surface area contributed by atoms with Crippen LogP contribution < -0.4 is 11.5 Å². The molecule has 0 radical (unpaired) electrons. The van der Waals surface area contributed by atoms with Crippen molar-refractivity contribution in [1.29, 1.82) is 0 Å². The molecule has 0 spiro atoms. The van der Waals surface area contributed by atoms with E-state index in [-0.39, 0.29) is 21.0 Å². The zero-order valence-corrected chi connectivity index (χ0v) is 14.3. The molecule has 0 fully saturated rings. The standard InChI is InChI=1S/C15H16N2O5S2/c1-23(18,19)14-8-12(16)6-4-10(14)2-3-11-5-7-13(17)9-15(11)24(20,21)22/h2-9H,16-17H2,1H3,(H,20,21,22). The summed E-state index contributed by atoms with van der Waals surface area (Å²) in [6, 6.07) is 8.35. The second-order valence-corrected chi connectivity index (χ2v) is 8.55. The Hall–Kier alpha value is -2.36. The smallest absolute Gasteiger partial charge is 0.295 e. The van der Waals surface area contributed by atoms with Crippen molar-refractivity contribution in [1.82, 2.24) is 0 Å². The Morgan fingerprint density at radius 2 is 1.25 bits per heavy atom. The molecule has 0 aliphatic heterocycles. The van der Waals surface area contributed by atoms with Gasteiger partial charge < -0.3 is 11.5 Å². The van der Waals surface area contributed by atoms with Crippen molar-refractivity contribution in [3.05, 3.63) is 47.5 Å². The maximum atomic E-state index is 11.8. The van der Waals surface area contributed by atoms with E-state index in [1.807, 2.05) is 0 Å². The maximum Gasteiger partial charge on any atom is 0.295 e. The van der Waals surface area contributed by atoms with Gasteiger partial charge in [-0.05, 0) is 35.4 Å². The van der Waals surface area contributed by atoms with Crippen molar-refractivity contribution in [2.75, 3.05) is 17.7 Å². The average molecular weight is 368 g/mol. The number of sulfone groups is 1. The molecule has 0 unspecified atom stereocenters. The van der Waals surface area contributed by atoms with E-state index in [0.717, 1.165) is 12.3 Å². The summed E-state index contributed by atoms with van der Waals surface area (Å²) >= 11 is 0. The summed E-state index contributed by atoms with van der Waals surface area (Å²) in [7, 11) is -8.00. The SMILES string of the molecule is CS(=O)(=O)c1cc(N)ccc1C=Cc1ccc(N)cc1S(=O)(=O)O. The van der Waals surface area contributed by atoms with Gasteiger partial charge in [0, 0.05) is 17.6 Å².